The summed E-state index contributed by atoms with van der Waals surface area (Å²) in [5.41, 5.74) is 0. The monoisotopic (exact) mass is 311 g/mol. The molecule has 2 aliphatic heterocycles. The van der Waals surface area contributed by atoms with E-state index in [1.165, 1.54) is 0 Å². The molecule has 3 rings (SSSR count). The second-order valence-corrected chi connectivity index (χ2v) is 7.64. The summed E-state index contributed by atoms with van der Waals surface area (Å²) >= 11 is 0. The number of piperazine rings is 1. The maximum Gasteiger partial charge on any atom is 0.225 e. The van der Waals surface area contributed by atoms with Crippen LogP contribution in [-0.4, -0.2) is 67.2 Å². The van der Waals surface area contributed by atoms with Crippen molar-refractivity contribution in [3.8, 4) is 0 Å². The SMILES string of the molecule is O=S(=O)(C1CCNCC1)N1CCN(c2ncccn2)CC1. The molecule has 0 atom stereocenters. The molecule has 7 nitrogen and oxygen atoms in total. The normalized spacial score (nSPS) is 22.4. The largest absolute Gasteiger partial charge is 0.338 e. The summed E-state index contributed by atoms with van der Waals surface area (Å²) in [7, 11) is -3.16. The minimum Gasteiger partial charge on any atom is -0.338 e. The average molecular weight is 311 g/mol. The highest BCUT2D eigenvalue weighted by molar-refractivity contribution is 7.89. The van der Waals surface area contributed by atoms with Crippen molar-refractivity contribution in [3.05, 3.63) is 18.5 Å². The van der Waals surface area contributed by atoms with E-state index in [-0.39, 0.29) is 5.25 Å². The molecular formula is C13H21N5O2S. The molecule has 3 heterocycles. The van der Waals surface area contributed by atoms with Crippen molar-refractivity contribution in [3.63, 3.8) is 0 Å². The maximum atomic E-state index is 12.6. The first-order valence-electron chi connectivity index (χ1n) is 7.39. The van der Waals surface area contributed by atoms with Gasteiger partial charge in [-0.05, 0) is 32.0 Å². The van der Waals surface area contributed by atoms with Crippen molar-refractivity contribution in [2.75, 3.05) is 44.2 Å². The summed E-state index contributed by atoms with van der Waals surface area (Å²) in [5.74, 6) is 0.677. The van der Waals surface area contributed by atoms with Gasteiger partial charge in [0.2, 0.25) is 16.0 Å². The minimum absolute atomic E-state index is 0.224. The Morgan fingerprint density at radius 2 is 1.67 bits per heavy atom. The fraction of sp³-hybridized carbons (Fsp3) is 0.692. The van der Waals surface area contributed by atoms with Crippen molar-refractivity contribution < 1.29 is 8.42 Å². The van der Waals surface area contributed by atoms with E-state index in [1.54, 1.807) is 22.8 Å². The van der Waals surface area contributed by atoms with Crippen LogP contribution in [0.1, 0.15) is 12.8 Å². The zero-order valence-electron chi connectivity index (χ0n) is 12.0. The number of nitrogens with one attached hydrogen (secondary N) is 1. The molecule has 21 heavy (non-hydrogen) atoms. The zero-order valence-corrected chi connectivity index (χ0v) is 12.8. The number of rotatable bonds is 3. The number of hydrogen-bond acceptors (Lipinski definition) is 6. The van der Waals surface area contributed by atoms with Crippen LogP contribution in [0.15, 0.2) is 18.5 Å². The van der Waals surface area contributed by atoms with E-state index in [0.717, 1.165) is 13.1 Å². The highest BCUT2D eigenvalue weighted by Gasteiger charge is 2.35. The van der Waals surface area contributed by atoms with E-state index in [0.29, 0.717) is 45.0 Å². The second kappa shape index (κ2) is 6.25. The number of nitrogens with zero attached hydrogens (tertiary/aromatic N) is 4. The van der Waals surface area contributed by atoms with Crippen LogP contribution in [0.5, 0.6) is 0 Å². The molecule has 116 valence electrons. The van der Waals surface area contributed by atoms with Crippen LogP contribution >= 0.6 is 0 Å². The second-order valence-electron chi connectivity index (χ2n) is 5.43. The zero-order chi connectivity index (χ0) is 14.7. The molecular weight excluding hydrogens is 290 g/mol. The summed E-state index contributed by atoms with van der Waals surface area (Å²) in [4.78, 5) is 10.5. The first kappa shape index (κ1) is 14.7. The smallest absolute Gasteiger partial charge is 0.225 e. The molecule has 0 spiro atoms. The highest BCUT2D eigenvalue weighted by Crippen LogP contribution is 2.20. The van der Waals surface area contributed by atoms with E-state index in [2.05, 4.69) is 15.3 Å². The van der Waals surface area contributed by atoms with Crippen LogP contribution < -0.4 is 10.2 Å². The first-order chi connectivity index (χ1) is 10.2. The van der Waals surface area contributed by atoms with Crippen LogP contribution in [0.25, 0.3) is 0 Å². The standard InChI is InChI=1S/C13H21N5O2S/c19-21(20,12-2-6-14-7-3-12)18-10-8-17(9-11-18)13-15-4-1-5-16-13/h1,4-5,12,14H,2-3,6-11H2. The lowest BCUT2D eigenvalue weighted by Gasteiger charge is -2.36. The molecule has 1 N–H and O–H groups in total. The van der Waals surface area contributed by atoms with Gasteiger partial charge in [-0.25, -0.2) is 18.4 Å². The maximum absolute atomic E-state index is 12.6. The van der Waals surface area contributed by atoms with Crippen molar-refractivity contribution in [1.29, 1.82) is 0 Å². The van der Waals surface area contributed by atoms with Gasteiger partial charge in [0.25, 0.3) is 0 Å². The Balaban J connectivity index is 1.62. The van der Waals surface area contributed by atoms with E-state index in [1.807, 2.05) is 4.90 Å². The molecule has 0 saturated carbocycles. The van der Waals surface area contributed by atoms with Gasteiger partial charge < -0.3 is 10.2 Å². The molecule has 8 heteroatoms. The highest BCUT2D eigenvalue weighted by atomic mass is 32.2. The average Bonchev–Trinajstić information content (AvgIpc) is 2.57. The Hall–Kier alpha value is -1.25. The van der Waals surface area contributed by atoms with Gasteiger partial charge in [0, 0.05) is 38.6 Å². The van der Waals surface area contributed by atoms with Gasteiger partial charge in [0.1, 0.15) is 0 Å². The quantitative estimate of drug-likeness (QED) is 0.824. The van der Waals surface area contributed by atoms with Crippen LogP contribution in [-0.2, 0) is 10.0 Å². The van der Waals surface area contributed by atoms with Crippen LogP contribution in [0.4, 0.5) is 5.95 Å². The molecule has 0 bridgehead atoms. The van der Waals surface area contributed by atoms with Crippen molar-refractivity contribution >= 4 is 16.0 Å². The van der Waals surface area contributed by atoms with Gasteiger partial charge in [0.15, 0.2) is 0 Å². The number of hydrogen-bond donors (Lipinski definition) is 1. The van der Waals surface area contributed by atoms with Crippen LogP contribution in [0.2, 0.25) is 0 Å². The van der Waals surface area contributed by atoms with E-state index in [4.69, 9.17) is 0 Å². The fourth-order valence-electron chi connectivity index (χ4n) is 2.90. The molecule has 2 aliphatic rings. The topological polar surface area (TPSA) is 78.4 Å². The fourth-order valence-corrected chi connectivity index (χ4v) is 4.83. The Kier molecular flexibility index (Phi) is 4.37. The molecule has 0 amide bonds. The van der Waals surface area contributed by atoms with Crippen molar-refractivity contribution in [2.45, 2.75) is 18.1 Å². The Morgan fingerprint density at radius 1 is 1.05 bits per heavy atom. The van der Waals surface area contributed by atoms with Gasteiger partial charge >= 0.3 is 0 Å². The third-order valence-corrected chi connectivity index (χ3v) is 6.54. The van der Waals surface area contributed by atoms with Gasteiger partial charge in [-0.15, -0.1) is 0 Å². The minimum atomic E-state index is -3.16. The Bertz CT molecular complexity index is 551. The third-order valence-electron chi connectivity index (χ3n) is 4.14. The summed E-state index contributed by atoms with van der Waals surface area (Å²) in [6, 6.07) is 1.78. The molecule has 1 aromatic rings. The third kappa shape index (κ3) is 3.17. The van der Waals surface area contributed by atoms with Gasteiger partial charge in [-0.3, -0.25) is 0 Å². The molecule has 0 aliphatic carbocycles. The lowest BCUT2D eigenvalue weighted by Crippen LogP contribution is -2.52. The summed E-state index contributed by atoms with van der Waals surface area (Å²) in [5, 5.41) is 2.99. The summed E-state index contributed by atoms with van der Waals surface area (Å²) in [6.07, 6.45) is 4.84. The van der Waals surface area contributed by atoms with E-state index >= 15 is 0 Å². The van der Waals surface area contributed by atoms with Crippen molar-refractivity contribution in [1.82, 2.24) is 19.6 Å². The molecule has 0 radical (unpaired) electrons. The number of sulfonamides is 1. The van der Waals surface area contributed by atoms with Gasteiger partial charge in [-0.2, -0.15) is 4.31 Å². The predicted octanol–water partition coefficient (Wildman–Crippen LogP) is -0.320. The van der Waals surface area contributed by atoms with Gasteiger partial charge in [-0.1, -0.05) is 0 Å². The van der Waals surface area contributed by atoms with E-state index in [9.17, 15) is 8.42 Å². The summed E-state index contributed by atoms with van der Waals surface area (Å²) in [6.45, 7) is 3.92. The van der Waals surface area contributed by atoms with Gasteiger partial charge in [0.05, 0.1) is 5.25 Å². The van der Waals surface area contributed by atoms with Crippen LogP contribution in [0.3, 0.4) is 0 Å². The lowest BCUT2D eigenvalue weighted by molar-refractivity contribution is 0.367. The predicted molar refractivity (Wildman–Crippen MR) is 80.6 cm³/mol. The number of aromatic nitrogens is 2. The van der Waals surface area contributed by atoms with Crippen LogP contribution in [0, 0.1) is 0 Å². The number of anilines is 1. The molecule has 2 saturated heterocycles. The lowest BCUT2D eigenvalue weighted by atomic mass is 10.2. The van der Waals surface area contributed by atoms with E-state index < -0.39 is 10.0 Å². The molecule has 0 unspecified atom stereocenters. The van der Waals surface area contributed by atoms with Crippen molar-refractivity contribution in [2.24, 2.45) is 0 Å². The number of piperidine rings is 1. The molecule has 0 aromatic carbocycles. The Labute approximate surface area is 125 Å². The first-order valence-corrected chi connectivity index (χ1v) is 8.90. The molecule has 1 aromatic heterocycles. The Morgan fingerprint density at radius 3 is 2.29 bits per heavy atom. The summed E-state index contributed by atoms with van der Waals surface area (Å²) < 4.78 is 26.9. The molecule has 2 fully saturated rings.